The molecule has 5 heavy (non-hydrogen) atoms. The molecule has 0 fully saturated rings. The molecule has 0 aliphatic rings. The molecule has 0 unspecified atom stereocenters. The summed E-state index contributed by atoms with van der Waals surface area (Å²) in [6.45, 7) is 0. The van der Waals surface area contributed by atoms with E-state index in [1.807, 2.05) is 0 Å². The fourth-order valence-corrected chi connectivity index (χ4v) is 0. The Kier molecular flexibility index (Phi) is 58.9. The Balaban J connectivity index is -0.0000000200. The number of hydrogen-bond acceptors (Lipinski definition) is 0. The second-order valence-electron chi connectivity index (χ2n) is 0.0452. The summed E-state index contributed by atoms with van der Waals surface area (Å²) in [5.41, 5.74) is 0. The standard InChI is InChI=1S/Co.2FH.Fe.Ni/h;2*1H;;/q;;;;+2/p-2. The van der Waals surface area contributed by atoms with Crippen molar-refractivity contribution in [3.05, 3.63) is 0 Å². The largest absolute Gasteiger partial charge is 0 e. The van der Waals surface area contributed by atoms with Crippen molar-refractivity contribution in [2.75, 3.05) is 0 Å². The van der Waals surface area contributed by atoms with Crippen LogP contribution in [0.25, 0.3) is 0 Å². The minimum Gasteiger partial charge on any atom is 0 e. The molecular weight excluding hydrogens is 211 g/mol. The molecule has 0 nitrogen and oxygen atoms in total. The van der Waals surface area contributed by atoms with Gasteiger partial charge in [0, 0.05) is 33.8 Å². The molecule has 0 atom stereocenters. The summed E-state index contributed by atoms with van der Waals surface area (Å²) in [6.07, 6.45) is 0. The van der Waals surface area contributed by atoms with Crippen LogP contribution < -0.4 is 0 Å². The van der Waals surface area contributed by atoms with Gasteiger partial charge in [0.05, 0.1) is 0 Å². The van der Waals surface area contributed by atoms with Gasteiger partial charge in [-0.15, -0.1) is 0 Å². The topological polar surface area (TPSA) is 0 Å². The van der Waals surface area contributed by atoms with E-state index in [1.165, 1.54) is 0 Å². The zero-order chi connectivity index (χ0) is 2.71. The number of halogens is 2. The molecule has 0 N–H and O–H groups in total. The van der Waals surface area contributed by atoms with Crippen molar-refractivity contribution in [1.29, 1.82) is 0 Å². The average molecular weight is 211 g/mol. The van der Waals surface area contributed by atoms with Crippen molar-refractivity contribution >= 4 is 0 Å². The van der Waals surface area contributed by atoms with Crippen LogP contribution in [0, 0.1) is 0 Å². The maximum absolute atomic E-state index is 9.56. The van der Waals surface area contributed by atoms with Gasteiger partial charge in [-0.2, -0.15) is 0 Å². The first kappa shape index (κ1) is 16.2. The molecule has 0 aliphatic heterocycles. The molecule has 0 aromatic rings. The van der Waals surface area contributed by atoms with E-state index in [0.29, 0.717) is 0 Å². The molecule has 0 saturated carbocycles. The van der Waals surface area contributed by atoms with Crippen LogP contribution >= 0.6 is 0 Å². The zero-order valence-corrected chi connectivity index (χ0v) is 4.89. The second-order valence-corrected chi connectivity index (χ2v) is 0.186. The summed E-state index contributed by atoms with van der Waals surface area (Å²) in [6, 6.07) is 0. The maximum Gasteiger partial charge on any atom is 0 e. The fraction of sp³-hybridized carbons (Fsp3) is 0. The van der Waals surface area contributed by atoms with Gasteiger partial charge in [0.2, 0.25) is 0 Å². The van der Waals surface area contributed by atoms with E-state index < -0.39 is 15.3 Å². The monoisotopic (exact) mass is 211 g/mol. The van der Waals surface area contributed by atoms with Crippen molar-refractivity contribution in [3.63, 3.8) is 0 Å². The molecule has 0 heterocycles. The van der Waals surface area contributed by atoms with Gasteiger partial charge in [0.15, 0.2) is 0 Å². The number of hydrogen-bond donors (Lipinski definition) is 0. The van der Waals surface area contributed by atoms with Gasteiger partial charge >= 0.3 is 22.5 Å². The summed E-state index contributed by atoms with van der Waals surface area (Å²) in [4.78, 5) is 0. The maximum atomic E-state index is 9.56. The minimum atomic E-state index is -1.38. The van der Waals surface area contributed by atoms with E-state index in [4.69, 9.17) is 0 Å². The van der Waals surface area contributed by atoms with E-state index in [2.05, 4.69) is 0 Å². The summed E-state index contributed by atoms with van der Waals surface area (Å²) < 4.78 is 19.1. The minimum absolute atomic E-state index is 0. The molecule has 0 bridgehead atoms. The van der Waals surface area contributed by atoms with Crippen molar-refractivity contribution in [1.82, 2.24) is 0 Å². The quantitative estimate of drug-likeness (QED) is 0.521. The van der Waals surface area contributed by atoms with Gasteiger partial charge in [-0.05, 0) is 0 Å². The second kappa shape index (κ2) is 18.2. The Morgan fingerprint density at radius 1 is 1.20 bits per heavy atom. The average Bonchev–Trinajstić information content (AvgIpc) is 0.918. The van der Waals surface area contributed by atoms with Gasteiger partial charge in [0.1, 0.15) is 0 Å². The van der Waals surface area contributed by atoms with Crippen LogP contribution in [-0.4, -0.2) is 0 Å². The molecule has 41 valence electrons. The van der Waals surface area contributed by atoms with Gasteiger partial charge in [-0.25, -0.2) is 0 Å². The van der Waals surface area contributed by atoms with E-state index in [9.17, 15) is 7.21 Å². The van der Waals surface area contributed by atoms with E-state index in [-0.39, 0.29) is 33.8 Å². The van der Waals surface area contributed by atoms with Crippen LogP contribution in [0.15, 0.2) is 0 Å². The Bertz CT molecular complexity index is 9.61. The number of rotatable bonds is 0. The first-order chi connectivity index (χ1) is 1.41. The Hall–Kier alpha value is 1.38. The molecule has 0 saturated heterocycles. The first-order valence-corrected chi connectivity index (χ1v) is 0.986. The summed E-state index contributed by atoms with van der Waals surface area (Å²) >= 11 is -1.38. The normalized spacial score (nSPS) is 4.40. The van der Waals surface area contributed by atoms with Crippen molar-refractivity contribution in [2.45, 2.75) is 0 Å². The molecule has 1 radical (unpaired) electrons. The molecule has 0 aliphatic carbocycles. The predicted octanol–water partition coefficient (Wildman–Crippen LogP) is 0.833. The van der Waals surface area contributed by atoms with Gasteiger partial charge in [0.25, 0.3) is 0 Å². The Morgan fingerprint density at radius 3 is 1.20 bits per heavy atom. The molecule has 0 aromatic heterocycles. The smallest absolute Gasteiger partial charge is 0 e. The summed E-state index contributed by atoms with van der Waals surface area (Å²) in [5.74, 6) is 0. The van der Waals surface area contributed by atoms with Crippen LogP contribution in [-0.2, 0) is 49.2 Å². The zero-order valence-electron chi connectivity index (χ0n) is 1.76. The van der Waals surface area contributed by atoms with Crippen LogP contribution in [0.3, 0.4) is 0 Å². The van der Waals surface area contributed by atoms with Gasteiger partial charge in [-0.3, -0.25) is 0 Å². The Labute approximate surface area is 56.4 Å². The van der Waals surface area contributed by atoms with Crippen molar-refractivity contribution in [3.8, 4) is 0 Å². The SMILES string of the molecule is [Co].[F][Ni][F].[Fe]. The van der Waals surface area contributed by atoms with E-state index in [1.54, 1.807) is 0 Å². The predicted molar refractivity (Wildman–Crippen MR) is 2.22 cm³/mol. The van der Waals surface area contributed by atoms with Crippen LogP contribution in [0.1, 0.15) is 0 Å². The fourth-order valence-electron chi connectivity index (χ4n) is 0. The third-order valence-electron chi connectivity index (χ3n) is 0. The Morgan fingerprint density at radius 2 is 1.20 bits per heavy atom. The van der Waals surface area contributed by atoms with Crippen LogP contribution in [0.2, 0.25) is 0 Å². The first-order valence-electron chi connectivity index (χ1n) is 0.239. The third kappa shape index (κ3) is 32.3. The summed E-state index contributed by atoms with van der Waals surface area (Å²) in [7, 11) is 0. The third-order valence-corrected chi connectivity index (χ3v) is 0. The molecule has 0 spiro atoms. The molecule has 0 rings (SSSR count). The molecule has 0 aromatic carbocycles. The van der Waals surface area contributed by atoms with Gasteiger partial charge < -0.3 is 0 Å². The van der Waals surface area contributed by atoms with Gasteiger partial charge in [-0.1, -0.05) is 0 Å². The van der Waals surface area contributed by atoms with Crippen LogP contribution in [0.5, 0.6) is 0 Å². The van der Waals surface area contributed by atoms with E-state index in [0.717, 1.165) is 0 Å². The molecule has 0 amide bonds. The van der Waals surface area contributed by atoms with Crippen molar-refractivity contribution < 1.29 is 56.4 Å². The van der Waals surface area contributed by atoms with E-state index >= 15 is 0 Å². The van der Waals surface area contributed by atoms with Crippen molar-refractivity contribution in [2.24, 2.45) is 0 Å². The molecule has 5 heteroatoms. The molecular formula is CoF2FeNi. The van der Waals surface area contributed by atoms with Crippen LogP contribution in [0.4, 0.5) is 7.21 Å². The summed E-state index contributed by atoms with van der Waals surface area (Å²) in [5, 5.41) is 0.